The minimum Gasteiger partial charge on any atom is -0.494 e. The molecule has 0 aromatic carbocycles. The average Bonchev–Trinajstić information content (AvgIpc) is 3.37. The zero-order chi connectivity index (χ0) is 19.9. The van der Waals surface area contributed by atoms with Gasteiger partial charge in [0.2, 0.25) is 0 Å². The fourth-order valence-electron chi connectivity index (χ4n) is 3.49. The Labute approximate surface area is 166 Å². The highest BCUT2D eigenvalue weighted by atomic mass is 16.5. The van der Waals surface area contributed by atoms with E-state index in [-0.39, 0.29) is 0 Å². The second-order valence-electron chi connectivity index (χ2n) is 7.49. The largest absolute Gasteiger partial charge is 0.494 e. The van der Waals surface area contributed by atoms with Crippen LogP contribution in [0.1, 0.15) is 62.4 Å². The maximum absolute atomic E-state index is 5.55. The fraction of sp³-hybridized carbons (Fsp3) is 0.500. The Kier molecular flexibility index (Phi) is 6.85. The first-order valence-electron chi connectivity index (χ1n) is 10.3. The van der Waals surface area contributed by atoms with E-state index < -0.39 is 0 Å². The molecule has 0 atom stereocenters. The Morgan fingerprint density at radius 2 is 1.86 bits per heavy atom. The van der Waals surface area contributed by atoms with Crippen LogP contribution in [-0.4, -0.2) is 34.5 Å². The first kappa shape index (κ1) is 20.1. The molecule has 0 saturated carbocycles. The molecule has 2 N–H and O–H groups in total. The van der Waals surface area contributed by atoms with Gasteiger partial charge in [-0.25, -0.2) is 0 Å². The van der Waals surface area contributed by atoms with Crippen molar-refractivity contribution in [2.75, 3.05) is 13.7 Å². The molecule has 0 bridgehead atoms. The van der Waals surface area contributed by atoms with Gasteiger partial charge in [-0.15, -0.1) is 4.68 Å². The van der Waals surface area contributed by atoms with Crippen LogP contribution in [0.5, 0.6) is 5.75 Å². The monoisotopic (exact) mass is 382 g/mol. The number of nitrogens with zero attached hydrogens (tertiary/aromatic N) is 3. The van der Waals surface area contributed by atoms with E-state index in [1.54, 1.807) is 7.11 Å². The number of unbranched alkanes of at least 4 members (excludes halogenated alkanes) is 5. The van der Waals surface area contributed by atoms with Crippen molar-refractivity contribution in [3.63, 3.8) is 0 Å². The first-order valence-corrected chi connectivity index (χ1v) is 10.3. The maximum Gasteiger partial charge on any atom is 0.267 e. The molecule has 3 heterocycles. The van der Waals surface area contributed by atoms with E-state index in [1.807, 2.05) is 17.0 Å². The summed E-state index contributed by atoms with van der Waals surface area (Å²) in [6.45, 7) is 7.32. The molecule has 150 valence electrons. The molecule has 2 aromatic rings. The lowest BCUT2D eigenvalue weighted by Gasteiger charge is -1.97. The van der Waals surface area contributed by atoms with E-state index in [1.165, 1.54) is 37.7 Å². The van der Waals surface area contributed by atoms with E-state index in [0.717, 1.165) is 46.5 Å². The second kappa shape index (κ2) is 9.53. The summed E-state index contributed by atoms with van der Waals surface area (Å²) in [7, 11) is 1.69. The number of ether oxygens (including phenoxy) is 1. The lowest BCUT2D eigenvalue weighted by atomic mass is 10.1. The summed E-state index contributed by atoms with van der Waals surface area (Å²) in [6.07, 6.45) is 11.7. The maximum atomic E-state index is 5.55. The predicted molar refractivity (Wildman–Crippen MR) is 113 cm³/mol. The Balaban J connectivity index is 1.76. The quantitative estimate of drug-likeness (QED) is 0.503. The minimum atomic E-state index is 0.798. The van der Waals surface area contributed by atoms with Crippen LogP contribution < -0.4 is 15.4 Å². The lowest BCUT2D eigenvalue weighted by molar-refractivity contribution is -0.532. The first-order chi connectivity index (χ1) is 13.6. The van der Waals surface area contributed by atoms with Crippen molar-refractivity contribution >= 4 is 18.0 Å². The molecular weight excluding hydrogens is 350 g/mol. The van der Waals surface area contributed by atoms with Gasteiger partial charge in [-0.05, 0) is 44.4 Å². The molecule has 6 heteroatoms. The summed E-state index contributed by atoms with van der Waals surface area (Å²) >= 11 is 0. The van der Waals surface area contributed by atoms with Gasteiger partial charge >= 0.3 is 0 Å². The van der Waals surface area contributed by atoms with Crippen LogP contribution in [0.2, 0.25) is 0 Å². The topological polar surface area (TPSA) is 68.5 Å². The van der Waals surface area contributed by atoms with Crippen LogP contribution in [0.15, 0.2) is 22.5 Å². The Bertz CT molecular complexity index is 977. The van der Waals surface area contributed by atoms with Gasteiger partial charge in [-0.3, -0.25) is 0 Å². The molecule has 0 amide bonds. The number of aryl methyl sites for hydroxylation is 2. The van der Waals surface area contributed by atoms with E-state index in [2.05, 4.69) is 53.2 Å². The molecule has 3 rings (SSSR count). The van der Waals surface area contributed by atoms with Gasteiger partial charge in [0, 0.05) is 17.5 Å². The Morgan fingerprint density at radius 1 is 1.07 bits per heavy atom. The lowest BCUT2D eigenvalue weighted by Crippen LogP contribution is -2.14. The third-order valence-corrected chi connectivity index (χ3v) is 5.06. The molecule has 1 aliphatic heterocycles. The predicted octanol–water partition coefficient (Wildman–Crippen LogP) is 3.73. The highest BCUT2D eigenvalue weighted by Gasteiger charge is 2.17. The van der Waals surface area contributed by atoms with Crippen LogP contribution in [0.3, 0.4) is 0 Å². The number of rotatable bonds is 9. The van der Waals surface area contributed by atoms with Gasteiger partial charge < -0.3 is 14.7 Å². The minimum absolute atomic E-state index is 0.798. The highest BCUT2D eigenvalue weighted by Crippen LogP contribution is 2.11. The summed E-state index contributed by atoms with van der Waals surface area (Å²) in [5.74, 6) is 0.798. The molecule has 28 heavy (non-hydrogen) atoms. The normalized spacial score (nSPS) is 16.1. The molecule has 6 nitrogen and oxygen atoms in total. The summed E-state index contributed by atoms with van der Waals surface area (Å²) in [6, 6.07) is 4.12. The zero-order valence-electron chi connectivity index (χ0n) is 17.5. The molecule has 0 unspecified atom stereocenters. The standard InChI is InChI=1S/C22H31N5O/c1-5-6-7-8-9-10-11-27-15-21(25-26-27)19-14-22(28-4)20(24-19)13-18-16(2)12-17(3)23-18/h12-15H,5-11H2,1-4H3,(H,23,24)/p+1. The molecule has 0 aliphatic carbocycles. The van der Waals surface area contributed by atoms with Gasteiger partial charge in [-0.1, -0.05) is 32.6 Å². The molecule has 0 saturated heterocycles. The van der Waals surface area contributed by atoms with Crippen LogP contribution in [-0.2, 0) is 0 Å². The van der Waals surface area contributed by atoms with Gasteiger partial charge in [0.25, 0.3) is 5.70 Å². The number of hydrogen-bond donors (Lipinski definition) is 2. The number of hydrogen-bond acceptors (Lipinski definition) is 3. The molecule has 0 spiro atoms. The van der Waals surface area contributed by atoms with Gasteiger partial charge in [0.1, 0.15) is 22.9 Å². The van der Waals surface area contributed by atoms with Crippen molar-refractivity contribution in [1.29, 1.82) is 0 Å². The summed E-state index contributed by atoms with van der Waals surface area (Å²) < 4.78 is 7.49. The number of nitrogens with one attached hydrogen (secondary N) is 2. The Hall–Kier alpha value is -2.63. The molecule has 1 aliphatic rings. The molecule has 0 fully saturated rings. The Morgan fingerprint density at radius 3 is 2.57 bits per heavy atom. The fourth-order valence-corrected chi connectivity index (χ4v) is 3.49. The summed E-state index contributed by atoms with van der Waals surface area (Å²) in [5.41, 5.74) is 4.27. The third-order valence-electron chi connectivity index (χ3n) is 5.06. The smallest absolute Gasteiger partial charge is 0.267 e. The highest BCUT2D eigenvalue weighted by molar-refractivity contribution is 5.98. The average molecular weight is 383 g/mol. The molecule has 2 aromatic heterocycles. The van der Waals surface area contributed by atoms with Crippen LogP contribution in [0.25, 0.3) is 11.8 Å². The van der Waals surface area contributed by atoms with Crippen molar-refractivity contribution in [3.8, 4) is 5.75 Å². The van der Waals surface area contributed by atoms with Crippen molar-refractivity contribution < 1.29 is 9.42 Å². The third kappa shape index (κ3) is 5.00. The zero-order valence-corrected chi connectivity index (χ0v) is 17.5. The number of H-pyrrole nitrogens is 2. The van der Waals surface area contributed by atoms with Crippen molar-refractivity contribution in [3.05, 3.63) is 39.8 Å². The molecular formula is C22H32N5O+. The van der Waals surface area contributed by atoms with Crippen molar-refractivity contribution in [2.45, 2.75) is 59.3 Å². The second-order valence-corrected chi connectivity index (χ2v) is 7.49. The van der Waals surface area contributed by atoms with Crippen molar-refractivity contribution in [1.82, 2.24) is 9.97 Å². The summed E-state index contributed by atoms with van der Waals surface area (Å²) in [5, 5.41) is 10.5. The number of methoxy groups -OCH3 is 1. The number of aromatic amines is 2. The number of aromatic nitrogens is 2. The van der Waals surface area contributed by atoms with Gasteiger partial charge in [0.15, 0.2) is 6.21 Å². The van der Waals surface area contributed by atoms with Crippen LogP contribution in [0.4, 0.5) is 0 Å². The van der Waals surface area contributed by atoms with E-state index >= 15 is 0 Å². The summed E-state index contributed by atoms with van der Waals surface area (Å²) in [4.78, 5) is 6.80. The van der Waals surface area contributed by atoms with Gasteiger partial charge in [-0.2, -0.15) is 0 Å². The van der Waals surface area contributed by atoms with Crippen LogP contribution >= 0.6 is 0 Å². The van der Waals surface area contributed by atoms with Crippen molar-refractivity contribution in [2.24, 2.45) is 10.3 Å². The van der Waals surface area contributed by atoms with E-state index in [4.69, 9.17) is 4.74 Å². The molecule has 0 radical (unpaired) electrons. The van der Waals surface area contributed by atoms with Gasteiger partial charge in [0.05, 0.1) is 17.6 Å². The van der Waals surface area contributed by atoms with E-state index in [9.17, 15) is 0 Å². The van der Waals surface area contributed by atoms with Crippen LogP contribution in [0, 0.1) is 13.8 Å². The SMILES string of the molecule is CCCCCCCC[N+]1=CC(=c2cc(OC)/c(=C/c3[nH]c(C)cc3C)[nH]2)N=N1. The van der Waals surface area contributed by atoms with E-state index in [0.29, 0.717) is 0 Å².